The smallest absolute Gasteiger partial charge is 0.226 e. The van der Waals surface area contributed by atoms with Gasteiger partial charge in [0.2, 0.25) is 11.8 Å². The Bertz CT molecular complexity index is 808. The Labute approximate surface area is 145 Å². The molecule has 0 spiro atoms. The zero-order valence-corrected chi connectivity index (χ0v) is 14.2. The Morgan fingerprint density at radius 3 is 2.88 bits per heavy atom. The van der Waals surface area contributed by atoms with E-state index in [1.54, 1.807) is 23.3 Å². The third kappa shape index (κ3) is 4.50. The van der Waals surface area contributed by atoms with Crippen molar-refractivity contribution >= 4 is 11.6 Å². The highest BCUT2D eigenvalue weighted by atomic mass is 16.5. The summed E-state index contributed by atoms with van der Waals surface area (Å²) >= 11 is 0. The van der Waals surface area contributed by atoms with Crippen LogP contribution in [0.4, 0.5) is 5.69 Å². The van der Waals surface area contributed by atoms with Gasteiger partial charge in [-0.1, -0.05) is 19.0 Å². The highest BCUT2D eigenvalue weighted by Gasteiger charge is 2.10. The second-order valence-electron chi connectivity index (χ2n) is 5.98. The average molecular weight is 340 g/mol. The van der Waals surface area contributed by atoms with Gasteiger partial charge in [0.15, 0.2) is 5.82 Å². The summed E-state index contributed by atoms with van der Waals surface area (Å²) in [6, 6.07) is 3.64. The second-order valence-corrected chi connectivity index (χ2v) is 5.98. The molecule has 0 radical (unpaired) electrons. The number of pyridine rings is 1. The fourth-order valence-corrected chi connectivity index (χ4v) is 2.24. The molecule has 130 valence electrons. The minimum atomic E-state index is -0.0687. The van der Waals surface area contributed by atoms with Gasteiger partial charge < -0.3 is 9.84 Å². The van der Waals surface area contributed by atoms with E-state index < -0.39 is 0 Å². The van der Waals surface area contributed by atoms with E-state index in [1.165, 1.54) is 0 Å². The molecule has 3 heterocycles. The van der Waals surface area contributed by atoms with E-state index in [9.17, 15) is 4.79 Å². The van der Waals surface area contributed by atoms with Gasteiger partial charge in [-0.25, -0.2) is 9.97 Å². The molecule has 0 aromatic carbocycles. The number of hydrogen-bond acceptors (Lipinski definition) is 6. The van der Waals surface area contributed by atoms with Gasteiger partial charge in [-0.05, 0) is 18.6 Å². The topological polar surface area (TPSA) is 98.7 Å². The van der Waals surface area contributed by atoms with Gasteiger partial charge in [0.05, 0.1) is 11.9 Å². The first-order valence-corrected chi connectivity index (χ1v) is 8.18. The van der Waals surface area contributed by atoms with Crippen LogP contribution in [0.1, 0.15) is 44.3 Å². The summed E-state index contributed by atoms with van der Waals surface area (Å²) in [4.78, 5) is 24.6. The molecule has 3 aromatic rings. The SMILES string of the molecule is CC(C)c1noc(CCCC(=O)Nc2ccc(-n3ccnc3)nc2)n1. The summed E-state index contributed by atoms with van der Waals surface area (Å²) in [5.41, 5.74) is 0.661. The van der Waals surface area contributed by atoms with Crippen molar-refractivity contribution in [2.24, 2.45) is 0 Å². The summed E-state index contributed by atoms with van der Waals surface area (Å²) in [5, 5.41) is 6.74. The minimum absolute atomic E-state index is 0.0687. The molecule has 1 N–H and O–H groups in total. The van der Waals surface area contributed by atoms with Crippen LogP contribution >= 0.6 is 0 Å². The molecule has 1 amide bonds. The summed E-state index contributed by atoms with van der Waals surface area (Å²) in [6.07, 6.45) is 8.40. The van der Waals surface area contributed by atoms with Gasteiger partial charge in [-0.3, -0.25) is 9.36 Å². The van der Waals surface area contributed by atoms with Crippen molar-refractivity contribution in [3.05, 3.63) is 48.8 Å². The van der Waals surface area contributed by atoms with Gasteiger partial charge in [0.25, 0.3) is 0 Å². The lowest BCUT2D eigenvalue weighted by atomic mass is 10.2. The van der Waals surface area contributed by atoms with Gasteiger partial charge in [-0.2, -0.15) is 4.98 Å². The average Bonchev–Trinajstić information content (AvgIpc) is 3.27. The van der Waals surface area contributed by atoms with Gasteiger partial charge in [-0.15, -0.1) is 0 Å². The molecule has 8 nitrogen and oxygen atoms in total. The number of imidazole rings is 1. The molecule has 25 heavy (non-hydrogen) atoms. The molecule has 0 bridgehead atoms. The molecule has 8 heteroatoms. The Morgan fingerprint density at radius 2 is 2.24 bits per heavy atom. The monoisotopic (exact) mass is 340 g/mol. The van der Waals surface area contributed by atoms with Crippen LogP contribution < -0.4 is 5.32 Å². The first-order valence-electron chi connectivity index (χ1n) is 8.18. The Hall–Kier alpha value is -3.03. The van der Waals surface area contributed by atoms with E-state index in [0.717, 1.165) is 5.82 Å². The zero-order valence-electron chi connectivity index (χ0n) is 14.2. The summed E-state index contributed by atoms with van der Waals surface area (Å²) in [5.74, 6) is 2.18. The van der Waals surface area contributed by atoms with Crippen molar-refractivity contribution in [1.29, 1.82) is 0 Å². The lowest BCUT2D eigenvalue weighted by molar-refractivity contribution is -0.116. The number of anilines is 1. The van der Waals surface area contributed by atoms with Crippen LogP contribution in [0.2, 0.25) is 0 Å². The van der Waals surface area contributed by atoms with Gasteiger partial charge in [0.1, 0.15) is 12.1 Å². The van der Waals surface area contributed by atoms with Crippen LogP contribution in [-0.4, -0.2) is 30.6 Å². The van der Waals surface area contributed by atoms with E-state index in [1.807, 2.05) is 32.2 Å². The van der Waals surface area contributed by atoms with Crippen LogP contribution in [0.25, 0.3) is 5.82 Å². The molecule has 3 aromatic heterocycles. The number of carbonyl (C=O) groups is 1. The van der Waals surface area contributed by atoms with E-state index >= 15 is 0 Å². The number of hydrogen-bond donors (Lipinski definition) is 1. The van der Waals surface area contributed by atoms with Crippen molar-refractivity contribution in [3.63, 3.8) is 0 Å². The molecule has 0 fully saturated rings. The standard InChI is InChI=1S/C17H20N6O2/c1-12(2)17-21-16(25-22-17)5-3-4-15(24)20-13-6-7-14(19-10-13)23-9-8-18-11-23/h6-12H,3-5H2,1-2H3,(H,20,24). The first-order chi connectivity index (χ1) is 12.1. The first kappa shape index (κ1) is 16.8. The van der Waals surface area contributed by atoms with Crippen LogP contribution in [0.5, 0.6) is 0 Å². The molecule has 0 aliphatic carbocycles. The second kappa shape index (κ2) is 7.69. The number of nitrogens with one attached hydrogen (secondary N) is 1. The molecule has 0 saturated carbocycles. The Kier molecular flexibility index (Phi) is 5.17. The predicted molar refractivity (Wildman–Crippen MR) is 91.3 cm³/mol. The Morgan fingerprint density at radius 1 is 1.36 bits per heavy atom. The number of amides is 1. The number of aromatic nitrogens is 5. The highest BCUT2D eigenvalue weighted by Crippen LogP contribution is 2.13. The maximum Gasteiger partial charge on any atom is 0.226 e. The Balaban J connectivity index is 1.45. The maximum atomic E-state index is 12.0. The van der Waals surface area contributed by atoms with Crippen molar-refractivity contribution in [1.82, 2.24) is 24.7 Å². The van der Waals surface area contributed by atoms with E-state index in [0.29, 0.717) is 36.7 Å². The molecule has 0 aliphatic heterocycles. The zero-order chi connectivity index (χ0) is 17.6. The van der Waals surface area contributed by atoms with Crippen LogP contribution in [0.15, 0.2) is 41.6 Å². The van der Waals surface area contributed by atoms with Gasteiger partial charge >= 0.3 is 0 Å². The van der Waals surface area contributed by atoms with Crippen molar-refractivity contribution in [2.45, 2.75) is 39.0 Å². The summed E-state index contributed by atoms with van der Waals surface area (Å²) < 4.78 is 6.96. The van der Waals surface area contributed by atoms with Crippen LogP contribution in [-0.2, 0) is 11.2 Å². The number of nitrogens with zero attached hydrogens (tertiary/aromatic N) is 5. The molecule has 0 saturated heterocycles. The predicted octanol–water partition coefficient (Wildman–Crippen LogP) is 2.74. The molecular weight excluding hydrogens is 320 g/mol. The lowest BCUT2D eigenvalue weighted by Crippen LogP contribution is -2.12. The number of aryl methyl sites for hydroxylation is 1. The maximum absolute atomic E-state index is 12.0. The molecule has 0 unspecified atom stereocenters. The fraction of sp³-hybridized carbons (Fsp3) is 0.353. The third-order valence-electron chi connectivity index (χ3n) is 3.60. The minimum Gasteiger partial charge on any atom is -0.339 e. The number of rotatable bonds is 7. The van der Waals surface area contributed by atoms with Crippen molar-refractivity contribution < 1.29 is 9.32 Å². The fourth-order valence-electron chi connectivity index (χ4n) is 2.24. The lowest BCUT2D eigenvalue weighted by Gasteiger charge is -2.06. The number of carbonyl (C=O) groups excluding carboxylic acids is 1. The van der Waals surface area contributed by atoms with E-state index in [4.69, 9.17) is 4.52 Å². The van der Waals surface area contributed by atoms with Crippen LogP contribution in [0, 0.1) is 0 Å². The van der Waals surface area contributed by atoms with Crippen LogP contribution in [0.3, 0.4) is 0 Å². The van der Waals surface area contributed by atoms with Gasteiger partial charge in [0, 0.05) is 31.2 Å². The molecule has 0 aliphatic rings. The summed E-state index contributed by atoms with van der Waals surface area (Å²) in [7, 11) is 0. The normalized spacial score (nSPS) is 11.0. The third-order valence-corrected chi connectivity index (χ3v) is 3.60. The molecular formula is C17H20N6O2. The van der Waals surface area contributed by atoms with E-state index in [-0.39, 0.29) is 11.8 Å². The summed E-state index contributed by atoms with van der Waals surface area (Å²) in [6.45, 7) is 4.02. The highest BCUT2D eigenvalue weighted by molar-refractivity contribution is 5.90. The van der Waals surface area contributed by atoms with E-state index in [2.05, 4.69) is 25.4 Å². The van der Waals surface area contributed by atoms with Crippen molar-refractivity contribution in [2.75, 3.05) is 5.32 Å². The largest absolute Gasteiger partial charge is 0.339 e. The quantitative estimate of drug-likeness (QED) is 0.710. The molecule has 3 rings (SSSR count). The molecule has 0 atom stereocenters. The van der Waals surface area contributed by atoms with Crippen molar-refractivity contribution in [3.8, 4) is 5.82 Å².